The van der Waals surface area contributed by atoms with Crippen molar-refractivity contribution in [2.75, 3.05) is 18.9 Å². The van der Waals surface area contributed by atoms with E-state index in [0.29, 0.717) is 6.54 Å². The summed E-state index contributed by atoms with van der Waals surface area (Å²) in [5, 5.41) is 8.91. The van der Waals surface area contributed by atoms with E-state index in [4.69, 9.17) is 0 Å². The largest absolute Gasteiger partial charge is 0.349 e. The number of hydrogen-bond donors (Lipinski definition) is 3. The van der Waals surface area contributed by atoms with Gasteiger partial charge in [0, 0.05) is 24.1 Å². The molecule has 0 aliphatic heterocycles. The van der Waals surface area contributed by atoms with Gasteiger partial charge in [-0.05, 0) is 44.5 Å². The lowest BCUT2D eigenvalue weighted by Crippen LogP contribution is -2.35. The Kier molecular flexibility index (Phi) is 5.55. The molecule has 2 rings (SSSR count). The lowest BCUT2D eigenvalue weighted by molar-refractivity contribution is -0.125. The van der Waals surface area contributed by atoms with Crippen molar-refractivity contribution in [3.8, 4) is 0 Å². The normalized spacial score (nSPS) is 16.7. The molecule has 0 saturated heterocycles. The lowest BCUT2D eigenvalue weighted by atomic mass is 10.1. The van der Waals surface area contributed by atoms with Crippen molar-refractivity contribution in [2.24, 2.45) is 11.8 Å². The molecule has 5 nitrogen and oxygen atoms in total. The summed E-state index contributed by atoms with van der Waals surface area (Å²) in [5.41, 5.74) is 1.83. The van der Waals surface area contributed by atoms with Crippen molar-refractivity contribution >= 4 is 17.5 Å². The van der Waals surface area contributed by atoms with Gasteiger partial charge in [0.25, 0.3) is 0 Å². The van der Waals surface area contributed by atoms with E-state index in [2.05, 4.69) is 16.0 Å². The number of benzene rings is 1. The highest BCUT2D eigenvalue weighted by atomic mass is 16.2. The molecule has 2 atom stereocenters. The van der Waals surface area contributed by atoms with Crippen LogP contribution in [-0.2, 0) is 9.59 Å². The van der Waals surface area contributed by atoms with Crippen LogP contribution in [0.4, 0.5) is 5.69 Å². The van der Waals surface area contributed by atoms with Crippen LogP contribution in [-0.4, -0.2) is 25.4 Å². The first-order valence-electron chi connectivity index (χ1n) is 7.87. The Labute approximate surface area is 131 Å². The van der Waals surface area contributed by atoms with Gasteiger partial charge in [0.05, 0.1) is 6.04 Å². The third kappa shape index (κ3) is 4.56. The van der Waals surface area contributed by atoms with Crippen molar-refractivity contribution in [1.29, 1.82) is 0 Å². The van der Waals surface area contributed by atoms with Crippen molar-refractivity contribution < 1.29 is 9.59 Å². The molecular weight excluding hydrogens is 278 g/mol. The monoisotopic (exact) mass is 303 g/mol. The van der Waals surface area contributed by atoms with Crippen LogP contribution in [0.3, 0.4) is 0 Å². The predicted molar refractivity (Wildman–Crippen MR) is 87.4 cm³/mol. The number of nitrogens with one attached hydrogen (secondary N) is 3. The summed E-state index contributed by atoms with van der Waals surface area (Å²) in [6, 6.07) is 7.59. The minimum atomic E-state index is -0.0652. The Balaban J connectivity index is 1.88. The molecule has 0 radical (unpaired) electrons. The molecule has 1 aromatic rings. The van der Waals surface area contributed by atoms with Crippen molar-refractivity contribution in [2.45, 2.75) is 32.7 Å². The van der Waals surface area contributed by atoms with Crippen LogP contribution in [0.5, 0.6) is 0 Å². The van der Waals surface area contributed by atoms with E-state index >= 15 is 0 Å². The van der Waals surface area contributed by atoms with E-state index in [1.54, 1.807) is 0 Å². The van der Waals surface area contributed by atoms with Crippen LogP contribution in [0.25, 0.3) is 0 Å². The highest BCUT2D eigenvalue weighted by molar-refractivity contribution is 5.94. The molecule has 0 spiro atoms. The number of rotatable bonds is 7. The molecule has 1 aliphatic rings. The zero-order valence-electron chi connectivity index (χ0n) is 13.5. The molecule has 0 heterocycles. The minimum Gasteiger partial charge on any atom is -0.349 e. The van der Waals surface area contributed by atoms with Gasteiger partial charge >= 0.3 is 0 Å². The van der Waals surface area contributed by atoms with Gasteiger partial charge in [-0.2, -0.15) is 0 Å². The Morgan fingerprint density at radius 1 is 1.18 bits per heavy atom. The third-order valence-corrected chi connectivity index (χ3v) is 3.94. The van der Waals surface area contributed by atoms with E-state index in [0.717, 1.165) is 24.1 Å². The molecule has 1 saturated carbocycles. The molecule has 3 N–H and O–H groups in total. The van der Waals surface area contributed by atoms with Crippen LogP contribution >= 0.6 is 0 Å². The van der Waals surface area contributed by atoms with Gasteiger partial charge in [-0.1, -0.05) is 19.1 Å². The van der Waals surface area contributed by atoms with Gasteiger partial charge in [-0.3, -0.25) is 9.59 Å². The Morgan fingerprint density at radius 3 is 2.36 bits per heavy atom. The standard InChI is InChI=1S/C17H25N3O2/c1-11(10-18-3)16(21)19-12(2)13-6-8-15(9-7-13)20-17(22)14-4-5-14/h6-9,11-12,14,18H,4-5,10H2,1-3H3,(H,19,21)(H,20,22). The molecule has 0 bridgehead atoms. The molecule has 1 aromatic carbocycles. The maximum atomic E-state index is 12.0. The summed E-state index contributed by atoms with van der Waals surface area (Å²) < 4.78 is 0. The van der Waals surface area contributed by atoms with Crippen LogP contribution in [0.1, 0.15) is 38.3 Å². The Bertz CT molecular complexity index is 523. The second kappa shape index (κ2) is 7.40. The first-order chi connectivity index (χ1) is 10.5. The molecular formula is C17H25N3O2. The van der Waals surface area contributed by atoms with Crippen LogP contribution < -0.4 is 16.0 Å². The van der Waals surface area contributed by atoms with E-state index in [-0.39, 0.29) is 29.7 Å². The number of anilines is 1. The SMILES string of the molecule is CNCC(C)C(=O)NC(C)c1ccc(NC(=O)C2CC2)cc1. The van der Waals surface area contributed by atoms with Crippen LogP contribution in [0.15, 0.2) is 24.3 Å². The minimum absolute atomic E-state index is 0.0352. The van der Waals surface area contributed by atoms with Crippen molar-refractivity contribution in [3.05, 3.63) is 29.8 Å². The van der Waals surface area contributed by atoms with Crippen molar-refractivity contribution in [3.63, 3.8) is 0 Å². The lowest BCUT2D eigenvalue weighted by Gasteiger charge is -2.18. The molecule has 1 fully saturated rings. The fraction of sp³-hybridized carbons (Fsp3) is 0.529. The first-order valence-corrected chi connectivity index (χ1v) is 7.87. The molecule has 2 amide bonds. The summed E-state index contributed by atoms with van der Waals surface area (Å²) in [6.07, 6.45) is 2.00. The summed E-state index contributed by atoms with van der Waals surface area (Å²) in [6.45, 7) is 4.52. The Hall–Kier alpha value is -1.88. The summed E-state index contributed by atoms with van der Waals surface area (Å²) in [4.78, 5) is 23.7. The van der Waals surface area contributed by atoms with E-state index in [1.165, 1.54) is 0 Å². The zero-order valence-corrected chi connectivity index (χ0v) is 13.5. The molecule has 22 heavy (non-hydrogen) atoms. The fourth-order valence-corrected chi connectivity index (χ4v) is 2.28. The quantitative estimate of drug-likeness (QED) is 0.722. The number of hydrogen-bond acceptors (Lipinski definition) is 3. The first kappa shape index (κ1) is 16.5. The van der Waals surface area contributed by atoms with Crippen LogP contribution in [0, 0.1) is 11.8 Å². The van der Waals surface area contributed by atoms with E-state index in [9.17, 15) is 9.59 Å². The highest BCUT2D eigenvalue weighted by Crippen LogP contribution is 2.30. The van der Waals surface area contributed by atoms with Crippen molar-refractivity contribution in [1.82, 2.24) is 10.6 Å². The van der Waals surface area contributed by atoms with Gasteiger partial charge in [0.1, 0.15) is 0 Å². The summed E-state index contributed by atoms with van der Waals surface area (Å²) in [7, 11) is 1.84. The molecule has 120 valence electrons. The molecule has 5 heteroatoms. The molecule has 2 unspecified atom stereocenters. The summed E-state index contributed by atoms with van der Waals surface area (Å²) in [5.74, 6) is 0.277. The summed E-state index contributed by atoms with van der Waals surface area (Å²) >= 11 is 0. The van der Waals surface area contributed by atoms with Gasteiger partial charge < -0.3 is 16.0 Å². The van der Waals surface area contributed by atoms with Gasteiger partial charge in [-0.15, -0.1) is 0 Å². The van der Waals surface area contributed by atoms with E-state index in [1.807, 2.05) is 45.2 Å². The van der Waals surface area contributed by atoms with Gasteiger partial charge in [0.2, 0.25) is 11.8 Å². The number of amides is 2. The second-order valence-electron chi connectivity index (χ2n) is 6.07. The topological polar surface area (TPSA) is 70.2 Å². The Morgan fingerprint density at radius 2 is 1.82 bits per heavy atom. The number of carbonyl (C=O) groups is 2. The van der Waals surface area contributed by atoms with Crippen LogP contribution in [0.2, 0.25) is 0 Å². The fourth-order valence-electron chi connectivity index (χ4n) is 2.28. The second-order valence-corrected chi connectivity index (χ2v) is 6.07. The average molecular weight is 303 g/mol. The number of carbonyl (C=O) groups excluding carboxylic acids is 2. The predicted octanol–water partition coefficient (Wildman–Crippen LogP) is 2.07. The zero-order chi connectivity index (χ0) is 16.1. The smallest absolute Gasteiger partial charge is 0.227 e. The third-order valence-electron chi connectivity index (χ3n) is 3.94. The highest BCUT2D eigenvalue weighted by Gasteiger charge is 2.29. The van der Waals surface area contributed by atoms with Gasteiger partial charge in [0.15, 0.2) is 0 Å². The maximum absolute atomic E-state index is 12.0. The van der Waals surface area contributed by atoms with Gasteiger partial charge in [-0.25, -0.2) is 0 Å². The van der Waals surface area contributed by atoms with E-state index < -0.39 is 0 Å². The molecule has 1 aliphatic carbocycles. The molecule has 0 aromatic heterocycles. The average Bonchev–Trinajstić information content (AvgIpc) is 3.32. The maximum Gasteiger partial charge on any atom is 0.227 e.